The maximum Gasteiger partial charge on any atom is 1.00 e. The molecule has 0 amide bonds. The van der Waals surface area contributed by atoms with Gasteiger partial charge in [0, 0.05) is 16.8 Å². The molecule has 0 saturated carbocycles. The summed E-state index contributed by atoms with van der Waals surface area (Å²) >= 11 is 0. The molecule has 0 aromatic heterocycles. The Labute approximate surface area is 378 Å². The van der Waals surface area contributed by atoms with Crippen LogP contribution in [0.15, 0.2) is 72.8 Å². The summed E-state index contributed by atoms with van der Waals surface area (Å²) in [6.45, 7) is 13.4. The number of fused-ring (bicyclic) bond motifs is 6. The van der Waals surface area contributed by atoms with Crippen LogP contribution < -0.4 is 64.2 Å². The number of aliphatic carboxylic acids is 1. The maximum atomic E-state index is 11.6. The molecule has 6 rings (SSSR count). The molecule has 2 aliphatic carbocycles. The van der Waals surface area contributed by atoms with E-state index in [1.165, 1.54) is 151 Å². The quantitative estimate of drug-likeness (QED) is 0.0501. The summed E-state index contributed by atoms with van der Waals surface area (Å²) in [5, 5.41) is 11.6. The second kappa shape index (κ2) is 21.4. The van der Waals surface area contributed by atoms with Crippen LogP contribution in [0.5, 0.6) is 0 Å². The molecule has 0 aliphatic heterocycles. The van der Waals surface area contributed by atoms with Crippen molar-refractivity contribution in [2.75, 3.05) is 0 Å². The minimum atomic E-state index is -0.967. The van der Waals surface area contributed by atoms with E-state index in [9.17, 15) is 9.90 Å². The van der Waals surface area contributed by atoms with Gasteiger partial charge in [-0.25, -0.2) is 0 Å². The fourth-order valence-electron chi connectivity index (χ4n) is 10.2. The van der Waals surface area contributed by atoms with Crippen LogP contribution in [-0.4, -0.2) is 5.97 Å². The molecule has 0 fully saturated rings. The van der Waals surface area contributed by atoms with E-state index in [1.54, 1.807) is 5.56 Å². The van der Waals surface area contributed by atoms with Crippen LogP contribution in [0.4, 0.5) is 0 Å². The maximum absolute atomic E-state index is 11.6. The monoisotopic (exact) mass is 754 g/mol. The molecule has 4 aromatic rings. The number of aryl methyl sites for hydroxylation is 2. The first-order chi connectivity index (χ1) is 25.8. The van der Waals surface area contributed by atoms with Crippen LogP contribution in [0.25, 0.3) is 33.4 Å². The van der Waals surface area contributed by atoms with E-state index >= 15 is 0 Å². The van der Waals surface area contributed by atoms with Gasteiger partial charge in [0.2, 0.25) is 0 Å². The summed E-state index contributed by atoms with van der Waals surface area (Å²) in [5.41, 5.74) is 16.1. The van der Waals surface area contributed by atoms with Gasteiger partial charge in [-0.05, 0) is 114 Å². The molecule has 0 spiro atoms. The fraction of sp³-hybridized carbons (Fsp3) is 0.490. The average Bonchev–Trinajstić information content (AvgIpc) is 3.56. The number of carboxylic acid groups (broad SMARTS) is 1. The summed E-state index contributed by atoms with van der Waals surface area (Å²) in [5.74, 6) is -0.967. The number of benzene rings is 4. The van der Waals surface area contributed by atoms with Crippen molar-refractivity contribution < 1.29 is 69.0 Å². The van der Waals surface area contributed by atoms with Crippen molar-refractivity contribution >= 4 is 5.97 Å². The average molecular weight is 755 g/mol. The molecule has 0 bridgehead atoms. The molecule has 4 aromatic carbocycles. The van der Waals surface area contributed by atoms with E-state index < -0.39 is 5.97 Å². The first-order valence-electron chi connectivity index (χ1n) is 21.3. The van der Waals surface area contributed by atoms with Gasteiger partial charge in [-0.15, -0.1) is 0 Å². The van der Waals surface area contributed by atoms with Crippen LogP contribution >= 0.6 is 0 Å². The molecule has 1 unspecified atom stereocenters. The second-order valence-corrected chi connectivity index (χ2v) is 16.6. The first-order valence-corrected chi connectivity index (χ1v) is 21.3. The number of carbonyl (C=O) groups is 1. The second-order valence-electron chi connectivity index (χ2n) is 16.6. The molecular weight excluding hydrogens is 691 g/mol. The molecule has 2 nitrogen and oxygen atoms in total. The van der Waals surface area contributed by atoms with Crippen LogP contribution in [-0.2, 0) is 15.6 Å². The van der Waals surface area contributed by atoms with Gasteiger partial charge >= 0.3 is 59.1 Å². The SMILES string of the molecule is [CH2-]CCC1(CCCC(=O)[O-])c2cc(C)ccc2-c2ccc(-c3ccc4c(c3)C(CCCCCCCC)(CCCCCCCC)c3cc(C)ccc3-4)cc21.[Na+].[Na+]. The minimum absolute atomic E-state index is 0. The summed E-state index contributed by atoms with van der Waals surface area (Å²) in [6, 6.07) is 28.6. The Morgan fingerprint density at radius 1 is 0.509 bits per heavy atom. The molecule has 2 aliphatic rings. The Kier molecular flexibility index (Phi) is 17.9. The predicted molar refractivity (Wildman–Crippen MR) is 223 cm³/mol. The standard InChI is InChI=1S/C51H65O2.2Na/c1-6-9-11-13-15-17-30-51(31-18-16-14-12-10-7-2)46-34-38(5)22-26-42(46)44-28-24-40(36-48(44)51)39-23-27-43-41-25-21-37(4)33-45(41)50(29-8-3,47(43)35-39)32-19-20-49(52)53;;/h21-28,33-36H,3,6-20,29-32H2,1-2,4-5H3,(H,52,53);;/q-1;2*+1/p-1. The molecule has 55 heavy (non-hydrogen) atoms. The van der Waals surface area contributed by atoms with Gasteiger partial charge in [0.1, 0.15) is 0 Å². The topological polar surface area (TPSA) is 40.1 Å². The van der Waals surface area contributed by atoms with Crippen molar-refractivity contribution in [1.29, 1.82) is 0 Å². The van der Waals surface area contributed by atoms with E-state index in [0.717, 1.165) is 19.3 Å². The molecule has 0 heterocycles. The van der Waals surface area contributed by atoms with Gasteiger partial charge in [0.05, 0.1) is 0 Å². The zero-order chi connectivity index (χ0) is 37.4. The van der Waals surface area contributed by atoms with E-state index in [2.05, 4.69) is 107 Å². The summed E-state index contributed by atoms with van der Waals surface area (Å²) < 4.78 is 0. The van der Waals surface area contributed by atoms with Gasteiger partial charge in [-0.3, -0.25) is 0 Å². The molecule has 0 radical (unpaired) electrons. The number of hydrogen-bond acceptors (Lipinski definition) is 2. The van der Waals surface area contributed by atoms with Gasteiger partial charge in [0.15, 0.2) is 0 Å². The van der Waals surface area contributed by atoms with Crippen molar-refractivity contribution in [1.82, 2.24) is 0 Å². The van der Waals surface area contributed by atoms with Gasteiger partial charge in [0.25, 0.3) is 0 Å². The summed E-state index contributed by atoms with van der Waals surface area (Å²) in [7, 11) is 0. The Morgan fingerprint density at radius 3 is 1.29 bits per heavy atom. The van der Waals surface area contributed by atoms with Crippen molar-refractivity contribution in [2.24, 2.45) is 0 Å². The largest absolute Gasteiger partial charge is 1.00 e. The van der Waals surface area contributed by atoms with Crippen LogP contribution in [0.2, 0.25) is 0 Å². The van der Waals surface area contributed by atoms with E-state index in [-0.39, 0.29) is 76.4 Å². The van der Waals surface area contributed by atoms with E-state index in [1.807, 2.05) is 0 Å². The third-order valence-corrected chi connectivity index (χ3v) is 12.9. The van der Waals surface area contributed by atoms with Crippen molar-refractivity contribution in [2.45, 2.75) is 161 Å². The smallest absolute Gasteiger partial charge is 0.550 e. The van der Waals surface area contributed by atoms with Crippen LogP contribution in [0.1, 0.15) is 169 Å². The molecule has 1 atom stereocenters. The van der Waals surface area contributed by atoms with Gasteiger partial charge in [-0.2, -0.15) is 6.42 Å². The minimum Gasteiger partial charge on any atom is -0.550 e. The fourth-order valence-corrected chi connectivity index (χ4v) is 10.2. The number of hydrogen-bond donors (Lipinski definition) is 0. The van der Waals surface area contributed by atoms with Crippen molar-refractivity contribution in [3.63, 3.8) is 0 Å². The summed E-state index contributed by atoms with van der Waals surface area (Å²) in [6.07, 6.45) is 21.4. The zero-order valence-electron chi connectivity index (χ0n) is 35.4. The van der Waals surface area contributed by atoms with Gasteiger partial charge < -0.3 is 16.8 Å². The Balaban J connectivity index is 0.00000336. The van der Waals surface area contributed by atoms with E-state index in [0.29, 0.717) is 6.42 Å². The Hall–Kier alpha value is -1.65. The molecular formula is C51H64Na2O2. The van der Waals surface area contributed by atoms with Crippen LogP contribution in [0.3, 0.4) is 0 Å². The third kappa shape index (κ3) is 9.97. The first kappa shape index (κ1) is 46.0. The van der Waals surface area contributed by atoms with E-state index in [4.69, 9.17) is 0 Å². The normalized spacial score (nSPS) is 15.7. The molecule has 0 saturated heterocycles. The van der Waals surface area contributed by atoms with Crippen molar-refractivity contribution in [3.8, 4) is 33.4 Å². The number of unbranched alkanes of at least 4 members (excludes halogenated alkanes) is 10. The number of carboxylic acids is 1. The number of carbonyl (C=O) groups excluding carboxylic acids is 1. The van der Waals surface area contributed by atoms with Crippen LogP contribution in [0, 0.1) is 20.8 Å². The summed E-state index contributed by atoms with van der Waals surface area (Å²) in [4.78, 5) is 11.6. The Bertz CT molecular complexity index is 1860. The Morgan fingerprint density at radius 2 is 0.873 bits per heavy atom. The molecule has 4 heteroatoms. The van der Waals surface area contributed by atoms with Gasteiger partial charge in [-0.1, -0.05) is 169 Å². The predicted octanol–water partition coefficient (Wildman–Crippen LogP) is 7.55. The van der Waals surface area contributed by atoms with Crippen molar-refractivity contribution in [3.05, 3.63) is 113 Å². The molecule has 282 valence electrons. The zero-order valence-corrected chi connectivity index (χ0v) is 39.4. The molecule has 0 N–H and O–H groups in total. The third-order valence-electron chi connectivity index (χ3n) is 12.9. The number of rotatable bonds is 21.